The van der Waals surface area contributed by atoms with Crippen molar-refractivity contribution in [3.05, 3.63) is 23.3 Å². The van der Waals surface area contributed by atoms with Gasteiger partial charge in [0.15, 0.2) is 0 Å². The van der Waals surface area contributed by atoms with Crippen LogP contribution < -0.4 is 0 Å². The van der Waals surface area contributed by atoms with Gasteiger partial charge in [-0.2, -0.15) is 0 Å². The molecule has 0 aromatic rings. The van der Waals surface area contributed by atoms with Gasteiger partial charge >= 0.3 is 0 Å². The molecule has 0 aliphatic heterocycles. The van der Waals surface area contributed by atoms with Crippen molar-refractivity contribution in [2.45, 2.75) is 26.7 Å². The van der Waals surface area contributed by atoms with Crippen LogP contribution in [0.4, 0.5) is 0 Å². The molecule has 0 aromatic heterocycles. The summed E-state index contributed by atoms with van der Waals surface area (Å²) in [6.45, 7) is 4.17. The van der Waals surface area contributed by atoms with Crippen molar-refractivity contribution in [3.63, 3.8) is 0 Å². The van der Waals surface area contributed by atoms with Gasteiger partial charge in [-0.3, -0.25) is 4.79 Å². The standard InChI is InChI=1S/C10H13ClO/c1-7(2)8-3-5-9(6-4-8)10(11)12/h3,5,9H,4,6H2,1-2H3/t9-/m1/s1. The Labute approximate surface area is 78.1 Å². The lowest BCUT2D eigenvalue weighted by Gasteiger charge is -2.15. The normalized spacial score (nSPS) is 22.6. The molecule has 0 bridgehead atoms. The van der Waals surface area contributed by atoms with E-state index < -0.39 is 0 Å². The van der Waals surface area contributed by atoms with Crippen LogP contribution in [0.5, 0.6) is 0 Å². The van der Waals surface area contributed by atoms with Crippen molar-refractivity contribution >= 4 is 16.8 Å². The first-order valence-corrected chi connectivity index (χ1v) is 4.53. The van der Waals surface area contributed by atoms with Crippen LogP contribution in [-0.4, -0.2) is 5.24 Å². The summed E-state index contributed by atoms with van der Waals surface area (Å²) in [5, 5.41) is -0.237. The molecule has 0 amide bonds. The molecule has 2 heteroatoms. The Hall–Kier alpha value is -0.560. The number of hydrogen-bond donors (Lipinski definition) is 0. The van der Waals surface area contributed by atoms with Gasteiger partial charge in [0.25, 0.3) is 0 Å². The summed E-state index contributed by atoms with van der Waals surface area (Å²) in [7, 11) is 0. The molecule has 0 N–H and O–H groups in total. The summed E-state index contributed by atoms with van der Waals surface area (Å²) in [6, 6.07) is 0. The second-order valence-electron chi connectivity index (χ2n) is 3.33. The quantitative estimate of drug-likeness (QED) is 0.573. The van der Waals surface area contributed by atoms with Gasteiger partial charge in [0.2, 0.25) is 5.24 Å². The van der Waals surface area contributed by atoms with Crippen LogP contribution in [0.2, 0.25) is 0 Å². The summed E-state index contributed by atoms with van der Waals surface area (Å²) in [5.41, 5.74) is 2.66. The van der Waals surface area contributed by atoms with Crippen molar-refractivity contribution in [2.24, 2.45) is 5.92 Å². The van der Waals surface area contributed by atoms with Crippen LogP contribution in [0.25, 0.3) is 0 Å². The average molecular weight is 185 g/mol. The summed E-state index contributed by atoms with van der Waals surface area (Å²) in [5.74, 6) is -0.0604. The second-order valence-corrected chi connectivity index (χ2v) is 3.71. The van der Waals surface area contributed by atoms with E-state index in [0.717, 1.165) is 12.8 Å². The number of halogens is 1. The maximum Gasteiger partial charge on any atom is 0.228 e. The fourth-order valence-corrected chi connectivity index (χ4v) is 1.51. The van der Waals surface area contributed by atoms with Gasteiger partial charge in [0, 0.05) is 0 Å². The first-order chi connectivity index (χ1) is 5.61. The summed E-state index contributed by atoms with van der Waals surface area (Å²) < 4.78 is 0. The van der Waals surface area contributed by atoms with Crippen molar-refractivity contribution < 1.29 is 4.79 Å². The minimum Gasteiger partial charge on any atom is -0.281 e. The van der Waals surface area contributed by atoms with Gasteiger partial charge in [0.1, 0.15) is 0 Å². The molecule has 0 saturated carbocycles. The minimum atomic E-state index is -0.237. The highest BCUT2D eigenvalue weighted by Gasteiger charge is 2.16. The van der Waals surface area contributed by atoms with Crippen LogP contribution in [0, 0.1) is 5.92 Å². The molecular weight excluding hydrogens is 172 g/mol. The Bertz CT molecular complexity index is 247. The Morgan fingerprint density at radius 3 is 2.58 bits per heavy atom. The zero-order valence-electron chi connectivity index (χ0n) is 7.43. The van der Waals surface area contributed by atoms with E-state index in [1.807, 2.05) is 12.2 Å². The van der Waals surface area contributed by atoms with Crippen LogP contribution in [0.15, 0.2) is 23.3 Å². The molecule has 1 nitrogen and oxygen atoms in total. The molecule has 0 radical (unpaired) electrons. The first-order valence-electron chi connectivity index (χ1n) is 4.15. The lowest BCUT2D eigenvalue weighted by molar-refractivity contribution is -0.114. The molecule has 0 aromatic carbocycles. The first kappa shape index (κ1) is 9.53. The number of rotatable bonds is 1. The van der Waals surface area contributed by atoms with Crippen molar-refractivity contribution in [2.75, 3.05) is 0 Å². The van der Waals surface area contributed by atoms with Crippen molar-refractivity contribution in [1.82, 2.24) is 0 Å². The topological polar surface area (TPSA) is 17.1 Å². The third-order valence-corrected chi connectivity index (χ3v) is 2.47. The molecule has 0 saturated heterocycles. The van der Waals surface area contributed by atoms with E-state index in [2.05, 4.69) is 13.8 Å². The van der Waals surface area contributed by atoms with E-state index >= 15 is 0 Å². The maximum absolute atomic E-state index is 10.8. The zero-order valence-corrected chi connectivity index (χ0v) is 8.19. The van der Waals surface area contributed by atoms with Gasteiger partial charge in [0.05, 0.1) is 5.92 Å². The van der Waals surface area contributed by atoms with Crippen molar-refractivity contribution in [3.8, 4) is 0 Å². The molecule has 0 fully saturated rings. The van der Waals surface area contributed by atoms with Crippen LogP contribution in [0.1, 0.15) is 26.7 Å². The number of allylic oxidation sites excluding steroid dienone is 4. The molecule has 1 rings (SSSR count). The molecule has 0 heterocycles. The van der Waals surface area contributed by atoms with Crippen LogP contribution in [-0.2, 0) is 4.79 Å². The summed E-state index contributed by atoms with van der Waals surface area (Å²) in [4.78, 5) is 10.8. The van der Waals surface area contributed by atoms with E-state index in [9.17, 15) is 4.79 Å². The van der Waals surface area contributed by atoms with E-state index in [0.29, 0.717) is 0 Å². The molecule has 1 aliphatic rings. The fraction of sp³-hybridized carbons (Fsp3) is 0.500. The maximum atomic E-state index is 10.8. The monoisotopic (exact) mass is 184 g/mol. The van der Waals surface area contributed by atoms with E-state index in [1.165, 1.54) is 11.1 Å². The molecule has 12 heavy (non-hydrogen) atoms. The van der Waals surface area contributed by atoms with Gasteiger partial charge in [-0.1, -0.05) is 17.7 Å². The molecule has 0 spiro atoms. The van der Waals surface area contributed by atoms with E-state index in [4.69, 9.17) is 11.6 Å². The number of hydrogen-bond acceptors (Lipinski definition) is 1. The zero-order chi connectivity index (χ0) is 9.14. The third kappa shape index (κ3) is 2.21. The highest BCUT2D eigenvalue weighted by Crippen LogP contribution is 2.25. The molecular formula is C10H13ClO. The average Bonchev–Trinajstić information content (AvgIpc) is 2.04. The van der Waals surface area contributed by atoms with Crippen LogP contribution >= 0.6 is 11.6 Å². The van der Waals surface area contributed by atoms with E-state index in [-0.39, 0.29) is 11.2 Å². The Morgan fingerprint density at radius 1 is 1.58 bits per heavy atom. The van der Waals surface area contributed by atoms with Gasteiger partial charge in [-0.25, -0.2) is 0 Å². The molecule has 1 atom stereocenters. The Morgan fingerprint density at radius 2 is 2.25 bits per heavy atom. The SMILES string of the molecule is CC(C)=C1C=C[C@@H](C(=O)Cl)CC1. The summed E-state index contributed by atoms with van der Waals surface area (Å²) in [6.07, 6.45) is 5.76. The van der Waals surface area contributed by atoms with Gasteiger partial charge in [-0.15, -0.1) is 0 Å². The number of carbonyl (C=O) groups is 1. The number of carbonyl (C=O) groups excluding carboxylic acids is 1. The van der Waals surface area contributed by atoms with E-state index in [1.54, 1.807) is 0 Å². The minimum absolute atomic E-state index is 0.0604. The smallest absolute Gasteiger partial charge is 0.228 e. The Kier molecular flexibility index (Phi) is 3.10. The fourth-order valence-electron chi connectivity index (χ4n) is 1.33. The van der Waals surface area contributed by atoms with Crippen molar-refractivity contribution in [1.29, 1.82) is 0 Å². The lowest BCUT2D eigenvalue weighted by Crippen LogP contribution is -2.09. The summed E-state index contributed by atoms with van der Waals surface area (Å²) >= 11 is 5.38. The molecule has 66 valence electrons. The van der Waals surface area contributed by atoms with Gasteiger partial charge in [-0.05, 0) is 43.9 Å². The molecule has 1 aliphatic carbocycles. The third-order valence-electron chi connectivity index (χ3n) is 2.19. The van der Waals surface area contributed by atoms with Gasteiger partial charge < -0.3 is 0 Å². The second kappa shape index (κ2) is 3.90. The lowest BCUT2D eigenvalue weighted by atomic mass is 9.91. The predicted octanol–water partition coefficient (Wildman–Crippen LogP) is 3.05. The molecule has 0 unspecified atom stereocenters. The Balaban J connectivity index is 2.72. The highest BCUT2D eigenvalue weighted by molar-refractivity contribution is 6.64. The largest absolute Gasteiger partial charge is 0.281 e. The highest BCUT2D eigenvalue weighted by atomic mass is 35.5. The predicted molar refractivity (Wildman–Crippen MR) is 51.1 cm³/mol. The van der Waals surface area contributed by atoms with Crippen LogP contribution in [0.3, 0.4) is 0 Å².